The summed E-state index contributed by atoms with van der Waals surface area (Å²) in [6.07, 6.45) is 2.36. The summed E-state index contributed by atoms with van der Waals surface area (Å²) in [5.41, 5.74) is 2.00. The quantitative estimate of drug-likeness (QED) is 0.338. The Labute approximate surface area is 188 Å². The van der Waals surface area contributed by atoms with Gasteiger partial charge in [-0.25, -0.2) is 0 Å². The number of hydrogen-bond acceptors (Lipinski definition) is 5. The minimum Gasteiger partial charge on any atom is -0.497 e. The van der Waals surface area contributed by atoms with Gasteiger partial charge in [-0.1, -0.05) is 55.9 Å². The second-order valence-electron chi connectivity index (χ2n) is 7.71. The second-order valence-corrected chi connectivity index (χ2v) is 8.77. The normalized spacial score (nSPS) is 11.0. The van der Waals surface area contributed by atoms with E-state index < -0.39 is 0 Å². The van der Waals surface area contributed by atoms with Gasteiger partial charge in [0.25, 0.3) is 0 Å². The van der Waals surface area contributed by atoms with Crippen molar-refractivity contribution in [2.24, 2.45) is 5.92 Å². The highest BCUT2D eigenvalue weighted by atomic mass is 32.2. The Morgan fingerprint density at radius 1 is 1.06 bits per heavy atom. The van der Waals surface area contributed by atoms with Gasteiger partial charge in [0.2, 0.25) is 5.91 Å². The number of rotatable bonds is 11. The van der Waals surface area contributed by atoms with Crippen LogP contribution in [-0.2, 0) is 4.79 Å². The van der Waals surface area contributed by atoms with Crippen LogP contribution in [0.4, 0.5) is 0 Å². The van der Waals surface area contributed by atoms with Crippen LogP contribution >= 0.6 is 11.8 Å². The van der Waals surface area contributed by atoms with Crippen LogP contribution in [0.25, 0.3) is 17.1 Å². The van der Waals surface area contributed by atoms with Crippen LogP contribution in [-0.4, -0.2) is 40.1 Å². The predicted octanol–water partition coefficient (Wildman–Crippen LogP) is 4.98. The summed E-state index contributed by atoms with van der Waals surface area (Å²) in [5.74, 6) is 3.10. The molecular weight excluding hydrogens is 408 g/mol. The van der Waals surface area contributed by atoms with Crippen molar-refractivity contribution in [2.75, 3.05) is 19.4 Å². The molecule has 7 heteroatoms. The molecule has 2 aromatic carbocycles. The third-order valence-electron chi connectivity index (χ3n) is 4.73. The Bertz CT molecular complexity index is 955. The molecule has 1 N–H and O–H groups in total. The van der Waals surface area contributed by atoms with E-state index in [2.05, 4.69) is 33.9 Å². The monoisotopic (exact) mass is 438 g/mol. The number of nitrogens with zero attached hydrogens (tertiary/aromatic N) is 3. The third-order valence-corrected chi connectivity index (χ3v) is 5.75. The molecule has 0 saturated heterocycles. The Morgan fingerprint density at radius 2 is 1.81 bits per heavy atom. The molecule has 3 rings (SSSR count). The fraction of sp³-hybridized carbons (Fsp3) is 0.375. The topological polar surface area (TPSA) is 69.0 Å². The molecule has 0 unspecified atom stereocenters. The van der Waals surface area contributed by atoms with Gasteiger partial charge in [0.05, 0.1) is 7.11 Å². The zero-order chi connectivity index (χ0) is 22.1. The standard InChI is InChI=1S/C24H30N4O2S/c1-18(2)17-25-22(29)11-7-8-16-31-24-27-26-23(19-9-5-4-6-10-19)28(24)20-12-14-21(30-3)15-13-20/h4-6,9-10,12-15,18H,7-8,11,16-17H2,1-3H3,(H,25,29). The number of unbranched alkanes of at least 4 members (excludes halogenated alkanes) is 1. The van der Waals surface area contributed by atoms with E-state index in [1.54, 1.807) is 18.9 Å². The maximum absolute atomic E-state index is 11.9. The lowest BCUT2D eigenvalue weighted by Gasteiger charge is -2.11. The molecule has 0 bridgehead atoms. The van der Waals surface area contributed by atoms with Crippen molar-refractivity contribution in [3.05, 3.63) is 54.6 Å². The molecule has 6 nitrogen and oxygen atoms in total. The molecule has 0 aliphatic heterocycles. The number of thioether (sulfide) groups is 1. The molecule has 0 saturated carbocycles. The van der Waals surface area contributed by atoms with Gasteiger partial charge in [0, 0.05) is 30.0 Å². The van der Waals surface area contributed by atoms with Crippen LogP contribution in [0.3, 0.4) is 0 Å². The maximum atomic E-state index is 11.9. The Morgan fingerprint density at radius 3 is 2.48 bits per heavy atom. The smallest absolute Gasteiger partial charge is 0.220 e. The van der Waals surface area contributed by atoms with Crippen molar-refractivity contribution in [3.63, 3.8) is 0 Å². The van der Waals surface area contributed by atoms with Crippen LogP contribution in [0.15, 0.2) is 59.8 Å². The molecule has 1 aromatic heterocycles. The van der Waals surface area contributed by atoms with Crippen LogP contribution in [0.5, 0.6) is 5.75 Å². The van der Waals surface area contributed by atoms with Crippen molar-refractivity contribution in [1.82, 2.24) is 20.1 Å². The molecule has 0 spiro atoms. The summed E-state index contributed by atoms with van der Waals surface area (Å²) in [7, 11) is 1.66. The highest BCUT2D eigenvalue weighted by Crippen LogP contribution is 2.29. The number of benzene rings is 2. The highest BCUT2D eigenvalue weighted by Gasteiger charge is 2.16. The van der Waals surface area contributed by atoms with E-state index in [-0.39, 0.29) is 5.91 Å². The van der Waals surface area contributed by atoms with Gasteiger partial charge in [0.1, 0.15) is 5.75 Å². The molecule has 31 heavy (non-hydrogen) atoms. The lowest BCUT2D eigenvalue weighted by molar-refractivity contribution is -0.121. The van der Waals surface area contributed by atoms with Gasteiger partial charge in [0.15, 0.2) is 11.0 Å². The predicted molar refractivity (Wildman–Crippen MR) is 126 cm³/mol. The maximum Gasteiger partial charge on any atom is 0.220 e. The number of methoxy groups -OCH3 is 1. The molecule has 0 fully saturated rings. The zero-order valence-corrected chi connectivity index (χ0v) is 19.2. The van der Waals surface area contributed by atoms with Crippen LogP contribution in [0.1, 0.15) is 33.1 Å². The lowest BCUT2D eigenvalue weighted by Crippen LogP contribution is -2.26. The highest BCUT2D eigenvalue weighted by molar-refractivity contribution is 7.99. The van der Waals surface area contributed by atoms with Crippen molar-refractivity contribution < 1.29 is 9.53 Å². The number of amides is 1. The summed E-state index contributed by atoms with van der Waals surface area (Å²) in [6, 6.07) is 18.0. The summed E-state index contributed by atoms with van der Waals surface area (Å²) < 4.78 is 7.37. The molecule has 1 heterocycles. The number of carbonyl (C=O) groups excluding carboxylic acids is 1. The van der Waals surface area contributed by atoms with Gasteiger partial charge >= 0.3 is 0 Å². The van der Waals surface area contributed by atoms with Gasteiger partial charge in [-0.2, -0.15) is 0 Å². The Kier molecular flexibility index (Phi) is 8.53. The van der Waals surface area contributed by atoms with E-state index in [9.17, 15) is 4.79 Å². The first-order chi connectivity index (χ1) is 15.1. The summed E-state index contributed by atoms with van der Waals surface area (Å²) >= 11 is 1.66. The first-order valence-electron chi connectivity index (χ1n) is 10.6. The van der Waals surface area contributed by atoms with Gasteiger partial charge in [-0.3, -0.25) is 9.36 Å². The largest absolute Gasteiger partial charge is 0.497 e. The molecule has 164 valence electrons. The molecule has 0 aliphatic rings. The van der Waals surface area contributed by atoms with E-state index in [1.165, 1.54) is 0 Å². The number of carbonyl (C=O) groups is 1. The van der Waals surface area contributed by atoms with Gasteiger partial charge in [-0.05, 0) is 43.0 Å². The molecule has 0 aliphatic carbocycles. The number of aromatic nitrogens is 3. The second kappa shape index (κ2) is 11.6. The minimum absolute atomic E-state index is 0.131. The fourth-order valence-corrected chi connectivity index (χ4v) is 4.01. The number of nitrogens with one attached hydrogen (secondary N) is 1. The molecular formula is C24H30N4O2S. The average Bonchev–Trinajstić information content (AvgIpc) is 3.22. The van der Waals surface area contributed by atoms with Crippen LogP contribution in [0, 0.1) is 5.92 Å². The number of ether oxygens (including phenoxy) is 1. The average molecular weight is 439 g/mol. The lowest BCUT2D eigenvalue weighted by atomic mass is 10.2. The summed E-state index contributed by atoms with van der Waals surface area (Å²) in [6.45, 7) is 4.93. The summed E-state index contributed by atoms with van der Waals surface area (Å²) in [4.78, 5) is 11.9. The minimum atomic E-state index is 0.131. The van der Waals surface area contributed by atoms with Gasteiger partial charge < -0.3 is 10.1 Å². The van der Waals surface area contributed by atoms with Crippen molar-refractivity contribution in [1.29, 1.82) is 0 Å². The molecule has 1 amide bonds. The molecule has 3 aromatic rings. The fourth-order valence-electron chi connectivity index (χ4n) is 3.06. The number of hydrogen-bond donors (Lipinski definition) is 1. The van der Waals surface area contributed by atoms with Crippen molar-refractivity contribution in [2.45, 2.75) is 38.3 Å². The van der Waals surface area contributed by atoms with Crippen molar-refractivity contribution >= 4 is 17.7 Å². The molecule has 0 radical (unpaired) electrons. The SMILES string of the molecule is COc1ccc(-n2c(SCCCCC(=O)NCC(C)C)nnc2-c2ccccc2)cc1. The first kappa shape index (κ1) is 22.9. The third kappa shape index (κ3) is 6.59. The Hall–Kier alpha value is -2.80. The van der Waals surface area contributed by atoms with Crippen LogP contribution < -0.4 is 10.1 Å². The first-order valence-corrected chi connectivity index (χ1v) is 11.6. The Balaban J connectivity index is 1.67. The van der Waals surface area contributed by atoms with E-state index >= 15 is 0 Å². The van der Waals surface area contributed by atoms with E-state index in [0.29, 0.717) is 12.3 Å². The van der Waals surface area contributed by atoms with E-state index in [4.69, 9.17) is 4.74 Å². The molecule has 0 atom stereocenters. The van der Waals surface area contributed by atoms with E-state index in [1.807, 2.05) is 54.6 Å². The van der Waals surface area contributed by atoms with E-state index in [0.717, 1.165) is 53.1 Å². The van der Waals surface area contributed by atoms with Crippen molar-refractivity contribution in [3.8, 4) is 22.8 Å². The van der Waals surface area contributed by atoms with Gasteiger partial charge in [-0.15, -0.1) is 10.2 Å². The zero-order valence-electron chi connectivity index (χ0n) is 18.4. The van der Waals surface area contributed by atoms with Crippen LogP contribution in [0.2, 0.25) is 0 Å². The summed E-state index contributed by atoms with van der Waals surface area (Å²) in [5, 5.41) is 12.7.